The van der Waals surface area contributed by atoms with Crippen molar-refractivity contribution in [1.29, 1.82) is 0 Å². The highest BCUT2D eigenvalue weighted by Gasteiger charge is 2.20. The molecule has 0 amide bonds. The van der Waals surface area contributed by atoms with Crippen LogP contribution in [0, 0.1) is 0 Å². The molecule has 1 aromatic heterocycles. The standard InChI is InChI=1S/C15H25N3S/c1-2-4-7-12(6-3-1)15-18-17-14(19-15)8-5-11-16-13-9-10-13/h12-13,16H,1-11H2. The van der Waals surface area contributed by atoms with Crippen LogP contribution in [0.5, 0.6) is 0 Å². The van der Waals surface area contributed by atoms with E-state index in [4.69, 9.17) is 0 Å². The number of rotatable bonds is 6. The quantitative estimate of drug-likeness (QED) is 0.638. The fourth-order valence-electron chi connectivity index (χ4n) is 2.89. The SMILES string of the molecule is C1CCCC(c2nnc(CCCNC3CC3)s2)CC1. The molecule has 2 aliphatic carbocycles. The molecule has 0 bridgehead atoms. The molecule has 3 nitrogen and oxygen atoms in total. The van der Waals surface area contributed by atoms with Crippen molar-refractivity contribution in [3.05, 3.63) is 10.0 Å². The molecule has 0 spiro atoms. The van der Waals surface area contributed by atoms with E-state index in [0.717, 1.165) is 19.0 Å². The van der Waals surface area contributed by atoms with Crippen molar-refractivity contribution in [2.24, 2.45) is 0 Å². The fourth-order valence-corrected chi connectivity index (χ4v) is 3.95. The summed E-state index contributed by atoms with van der Waals surface area (Å²) in [5.41, 5.74) is 0. The van der Waals surface area contributed by atoms with Gasteiger partial charge in [-0.05, 0) is 38.6 Å². The van der Waals surface area contributed by atoms with E-state index in [1.165, 1.54) is 67.8 Å². The highest BCUT2D eigenvalue weighted by molar-refractivity contribution is 7.11. The Morgan fingerprint density at radius 1 is 1.00 bits per heavy atom. The van der Waals surface area contributed by atoms with E-state index < -0.39 is 0 Å². The van der Waals surface area contributed by atoms with Gasteiger partial charge >= 0.3 is 0 Å². The number of aryl methyl sites for hydroxylation is 1. The molecular weight excluding hydrogens is 254 g/mol. The maximum absolute atomic E-state index is 4.46. The van der Waals surface area contributed by atoms with Gasteiger partial charge in [0.15, 0.2) is 0 Å². The fraction of sp³-hybridized carbons (Fsp3) is 0.867. The molecule has 4 heteroatoms. The van der Waals surface area contributed by atoms with Crippen LogP contribution in [0.1, 0.15) is 73.7 Å². The maximum Gasteiger partial charge on any atom is 0.120 e. The summed E-state index contributed by atoms with van der Waals surface area (Å²) in [6.07, 6.45) is 13.3. The summed E-state index contributed by atoms with van der Waals surface area (Å²) in [5, 5.41) is 15.0. The van der Waals surface area contributed by atoms with E-state index >= 15 is 0 Å². The third-order valence-electron chi connectivity index (χ3n) is 4.26. The minimum atomic E-state index is 0.707. The Bertz CT molecular complexity index is 378. The number of hydrogen-bond acceptors (Lipinski definition) is 4. The van der Waals surface area contributed by atoms with Crippen LogP contribution in [0.15, 0.2) is 0 Å². The first-order valence-electron chi connectivity index (χ1n) is 7.97. The summed E-state index contributed by atoms with van der Waals surface area (Å²) < 4.78 is 0. The van der Waals surface area contributed by atoms with E-state index in [9.17, 15) is 0 Å². The molecule has 0 saturated heterocycles. The van der Waals surface area contributed by atoms with Crippen LogP contribution in [0.4, 0.5) is 0 Å². The van der Waals surface area contributed by atoms with Gasteiger partial charge < -0.3 is 5.32 Å². The average molecular weight is 279 g/mol. The van der Waals surface area contributed by atoms with Crippen LogP contribution >= 0.6 is 11.3 Å². The summed E-state index contributed by atoms with van der Waals surface area (Å²) >= 11 is 1.87. The smallest absolute Gasteiger partial charge is 0.120 e. The van der Waals surface area contributed by atoms with Gasteiger partial charge in [0.2, 0.25) is 0 Å². The van der Waals surface area contributed by atoms with Gasteiger partial charge in [-0.1, -0.05) is 25.7 Å². The second kappa shape index (κ2) is 6.80. The first-order valence-corrected chi connectivity index (χ1v) is 8.79. The molecular formula is C15H25N3S. The lowest BCUT2D eigenvalue weighted by Crippen LogP contribution is -2.17. The van der Waals surface area contributed by atoms with Crippen LogP contribution in [0.25, 0.3) is 0 Å². The van der Waals surface area contributed by atoms with Crippen molar-refractivity contribution in [2.45, 2.75) is 76.2 Å². The molecule has 2 saturated carbocycles. The van der Waals surface area contributed by atoms with Crippen molar-refractivity contribution < 1.29 is 0 Å². The van der Waals surface area contributed by atoms with Crippen molar-refractivity contribution in [3.63, 3.8) is 0 Å². The Hall–Kier alpha value is -0.480. The molecule has 0 aromatic carbocycles. The minimum Gasteiger partial charge on any atom is -0.314 e. The predicted molar refractivity (Wildman–Crippen MR) is 79.7 cm³/mol. The largest absolute Gasteiger partial charge is 0.314 e. The third-order valence-corrected chi connectivity index (χ3v) is 5.41. The Morgan fingerprint density at radius 2 is 1.79 bits per heavy atom. The zero-order valence-electron chi connectivity index (χ0n) is 11.7. The number of nitrogens with zero attached hydrogens (tertiary/aromatic N) is 2. The van der Waals surface area contributed by atoms with Crippen LogP contribution in [-0.2, 0) is 6.42 Å². The number of nitrogens with one attached hydrogen (secondary N) is 1. The normalized spacial score (nSPS) is 21.5. The summed E-state index contributed by atoms with van der Waals surface area (Å²) in [5.74, 6) is 0.707. The van der Waals surface area contributed by atoms with Crippen molar-refractivity contribution >= 4 is 11.3 Å². The molecule has 19 heavy (non-hydrogen) atoms. The summed E-state index contributed by atoms with van der Waals surface area (Å²) in [7, 11) is 0. The first-order chi connectivity index (χ1) is 9.42. The van der Waals surface area contributed by atoms with Crippen molar-refractivity contribution in [3.8, 4) is 0 Å². The second-order valence-electron chi connectivity index (χ2n) is 6.05. The van der Waals surface area contributed by atoms with E-state index in [2.05, 4.69) is 15.5 Å². The van der Waals surface area contributed by atoms with E-state index in [-0.39, 0.29) is 0 Å². The molecule has 1 N–H and O–H groups in total. The highest BCUT2D eigenvalue weighted by atomic mass is 32.1. The van der Waals surface area contributed by atoms with Gasteiger partial charge in [0.25, 0.3) is 0 Å². The first kappa shape index (κ1) is 13.5. The lowest BCUT2D eigenvalue weighted by atomic mass is 10.0. The molecule has 2 fully saturated rings. The van der Waals surface area contributed by atoms with Gasteiger partial charge in [-0.25, -0.2) is 0 Å². The molecule has 0 radical (unpaired) electrons. The lowest BCUT2D eigenvalue weighted by molar-refractivity contribution is 0.583. The third kappa shape index (κ3) is 4.25. The molecule has 3 rings (SSSR count). The summed E-state index contributed by atoms with van der Waals surface area (Å²) in [6, 6.07) is 0.830. The maximum atomic E-state index is 4.46. The van der Waals surface area contributed by atoms with Gasteiger partial charge in [-0.15, -0.1) is 21.5 Å². The van der Waals surface area contributed by atoms with Gasteiger partial charge in [0, 0.05) is 18.4 Å². The second-order valence-corrected chi connectivity index (χ2v) is 7.15. The van der Waals surface area contributed by atoms with E-state index in [1.807, 2.05) is 11.3 Å². The topological polar surface area (TPSA) is 37.8 Å². The Balaban J connectivity index is 1.44. The Kier molecular flexibility index (Phi) is 4.83. The zero-order valence-corrected chi connectivity index (χ0v) is 12.6. The molecule has 0 unspecified atom stereocenters. The Morgan fingerprint density at radius 3 is 2.53 bits per heavy atom. The molecule has 1 aromatic rings. The average Bonchev–Trinajstić information content (AvgIpc) is 3.19. The molecule has 0 atom stereocenters. The van der Waals surface area contributed by atoms with Crippen LogP contribution in [0.2, 0.25) is 0 Å². The molecule has 0 aliphatic heterocycles. The van der Waals surface area contributed by atoms with Crippen LogP contribution < -0.4 is 5.32 Å². The van der Waals surface area contributed by atoms with Crippen LogP contribution in [0.3, 0.4) is 0 Å². The minimum absolute atomic E-state index is 0.707. The number of hydrogen-bond donors (Lipinski definition) is 1. The Labute approximate surface area is 120 Å². The van der Waals surface area contributed by atoms with Crippen molar-refractivity contribution in [2.75, 3.05) is 6.54 Å². The molecule has 1 heterocycles. The van der Waals surface area contributed by atoms with Gasteiger partial charge in [0.05, 0.1) is 0 Å². The summed E-state index contributed by atoms with van der Waals surface area (Å²) in [4.78, 5) is 0. The predicted octanol–water partition coefficient (Wildman–Crippen LogP) is 3.66. The van der Waals surface area contributed by atoms with Gasteiger partial charge in [-0.3, -0.25) is 0 Å². The molecule has 2 aliphatic rings. The lowest BCUT2D eigenvalue weighted by Gasteiger charge is -2.08. The van der Waals surface area contributed by atoms with E-state index in [1.54, 1.807) is 0 Å². The summed E-state index contributed by atoms with van der Waals surface area (Å²) in [6.45, 7) is 1.14. The van der Waals surface area contributed by atoms with Crippen LogP contribution in [-0.4, -0.2) is 22.8 Å². The van der Waals surface area contributed by atoms with Gasteiger partial charge in [0.1, 0.15) is 10.0 Å². The molecule has 106 valence electrons. The van der Waals surface area contributed by atoms with Crippen molar-refractivity contribution in [1.82, 2.24) is 15.5 Å². The monoisotopic (exact) mass is 279 g/mol. The highest BCUT2D eigenvalue weighted by Crippen LogP contribution is 2.33. The zero-order chi connectivity index (χ0) is 12.9. The number of aromatic nitrogens is 2. The van der Waals surface area contributed by atoms with E-state index in [0.29, 0.717) is 5.92 Å². The van der Waals surface area contributed by atoms with Gasteiger partial charge in [-0.2, -0.15) is 0 Å².